The van der Waals surface area contributed by atoms with E-state index in [1.807, 2.05) is 32.0 Å². The number of amides is 1. The minimum Gasteiger partial charge on any atom is -0.490 e. The maximum absolute atomic E-state index is 12.8. The van der Waals surface area contributed by atoms with Crippen LogP contribution in [0.3, 0.4) is 0 Å². The standard InChI is InChI=1S/C24H24F3N3O4/c1-3-32-19-10-5-15(11-20(19)33-4-2)13-30-14-17(12-21(30)31)23-28-22(29-34-23)16-6-8-18(9-7-16)24(25,26)27/h5-11,17H,3-4,12-14H2,1-2H3. The van der Waals surface area contributed by atoms with E-state index in [9.17, 15) is 18.0 Å². The van der Waals surface area contributed by atoms with Crippen LogP contribution in [0.4, 0.5) is 13.2 Å². The van der Waals surface area contributed by atoms with Crippen LogP contribution in [-0.4, -0.2) is 40.7 Å². The lowest BCUT2D eigenvalue weighted by Gasteiger charge is -2.18. The molecule has 1 atom stereocenters. The molecular weight excluding hydrogens is 451 g/mol. The van der Waals surface area contributed by atoms with Gasteiger partial charge in [-0.3, -0.25) is 4.79 Å². The number of rotatable bonds is 8. The summed E-state index contributed by atoms with van der Waals surface area (Å²) in [6.07, 6.45) is -4.20. The molecule has 4 rings (SSSR count). The SMILES string of the molecule is CCOc1ccc(CN2CC(c3nc(-c4ccc(C(F)(F)F)cc4)no3)CC2=O)cc1OCC. The summed E-state index contributed by atoms with van der Waals surface area (Å²) in [5.41, 5.74) is 0.553. The number of alkyl halides is 3. The molecular formula is C24H24F3N3O4. The van der Waals surface area contributed by atoms with Crippen molar-refractivity contribution in [3.05, 3.63) is 59.5 Å². The number of ether oxygens (including phenoxy) is 2. The molecule has 0 radical (unpaired) electrons. The van der Waals surface area contributed by atoms with E-state index in [-0.39, 0.29) is 30.0 Å². The zero-order chi connectivity index (χ0) is 24.3. The molecule has 1 aliphatic heterocycles. The van der Waals surface area contributed by atoms with Crippen molar-refractivity contribution in [2.24, 2.45) is 0 Å². The number of halogens is 3. The van der Waals surface area contributed by atoms with Crippen molar-refractivity contribution < 1.29 is 32.0 Å². The van der Waals surface area contributed by atoms with Crippen LogP contribution in [0, 0.1) is 0 Å². The van der Waals surface area contributed by atoms with Gasteiger partial charge in [-0.2, -0.15) is 18.2 Å². The molecule has 2 heterocycles. The summed E-state index contributed by atoms with van der Waals surface area (Å²) in [4.78, 5) is 18.7. The maximum atomic E-state index is 12.8. The first-order chi connectivity index (χ1) is 16.3. The predicted molar refractivity (Wildman–Crippen MR) is 116 cm³/mol. The number of carbonyl (C=O) groups is 1. The lowest BCUT2D eigenvalue weighted by atomic mass is 10.1. The first-order valence-electron chi connectivity index (χ1n) is 11.0. The van der Waals surface area contributed by atoms with Gasteiger partial charge >= 0.3 is 6.18 Å². The van der Waals surface area contributed by atoms with Crippen LogP contribution >= 0.6 is 0 Å². The van der Waals surface area contributed by atoms with Gasteiger partial charge in [-0.1, -0.05) is 23.4 Å². The highest BCUT2D eigenvalue weighted by atomic mass is 19.4. The highest BCUT2D eigenvalue weighted by Gasteiger charge is 2.35. The van der Waals surface area contributed by atoms with Crippen LogP contribution in [0.1, 0.15) is 43.2 Å². The third-order valence-corrected chi connectivity index (χ3v) is 5.46. The second-order valence-electron chi connectivity index (χ2n) is 7.85. The fourth-order valence-corrected chi connectivity index (χ4v) is 3.83. The number of hydrogen-bond acceptors (Lipinski definition) is 6. The average molecular weight is 475 g/mol. The quantitative estimate of drug-likeness (QED) is 0.453. The summed E-state index contributed by atoms with van der Waals surface area (Å²) in [5.74, 6) is 1.40. The Morgan fingerprint density at radius 2 is 1.76 bits per heavy atom. The normalized spacial score (nSPS) is 16.2. The summed E-state index contributed by atoms with van der Waals surface area (Å²) >= 11 is 0. The van der Waals surface area contributed by atoms with E-state index in [4.69, 9.17) is 14.0 Å². The van der Waals surface area contributed by atoms with Crippen molar-refractivity contribution >= 4 is 5.91 Å². The molecule has 0 spiro atoms. The molecule has 10 heteroatoms. The third kappa shape index (κ3) is 5.16. The van der Waals surface area contributed by atoms with Gasteiger partial charge in [0.25, 0.3) is 0 Å². The Labute approximate surface area is 194 Å². The fourth-order valence-electron chi connectivity index (χ4n) is 3.83. The second-order valence-corrected chi connectivity index (χ2v) is 7.85. The Bertz CT molecular complexity index is 1150. The Hall–Kier alpha value is -3.56. The zero-order valence-corrected chi connectivity index (χ0v) is 18.8. The minimum absolute atomic E-state index is 0.0499. The van der Waals surface area contributed by atoms with E-state index >= 15 is 0 Å². The lowest BCUT2D eigenvalue weighted by Crippen LogP contribution is -2.24. The first kappa shape index (κ1) is 23.6. The molecule has 1 aromatic heterocycles. The summed E-state index contributed by atoms with van der Waals surface area (Å²) < 4.78 is 54.9. The van der Waals surface area contributed by atoms with Crippen molar-refractivity contribution in [1.82, 2.24) is 15.0 Å². The molecule has 180 valence electrons. The molecule has 1 unspecified atom stereocenters. The zero-order valence-electron chi connectivity index (χ0n) is 18.8. The van der Waals surface area contributed by atoms with Crippen molar-refractivity contribution in [3.63, 3.8) is 0 Å². The van der Waals surface area contributed by atoms with Gasteiger partial charge < -0.3 is 18.9 Å². The van der Waals surface area contributed by atoms with Crippen LogP contribution in [0.15, 0.2) is 47.0 Å². The summed E-state index contributed by atoms with van der Waals surface area (Å²) in [6, 6.07) is 10.1. The van der Waals surface area contributed by atoms with Crippen LogP contribution in [0.25, 0.3) is 11.4 Å². The largest absolute Gasteiger partial charge is 0.490 e. The van der Waals surface area contributed by atoms with Gasteiger partial charge in [0.05, 0.1) is 24.7 Å². The van der Waals surface area contributed by atoms with Gasteiger partial charge in [0.2, 0.25) is 17.6 Å². The van der Waals surface area contributed by atoms with Crippen molar-refractivity contribution in [3.8, 4) is 22.9 Å². The molecule has 0 saturated carbocycles. The van der Waals surface area contributed by atoms with Crippen LogP contribution in [-0.2, 0) is 17.5 Å². The minimum atomic E-state index is -4.42. The number of carbonyl (C=O) groups excluding carboxylic acids is 1. The van der Waals surface area contributed by atoms with Crippen molar-refractivity contribution in [1.29, 1.82) is 0 Å². The van der Waals surface area contributed by atoms with Crippen LogP contribution in [0.2, 0.25) is 0 Å². The molecule has 34 heavy (non-hydrogen) atoms. The Kier molecular flexibility index (Phi) is 6.76. The summed E-state index contributed by atoms with van der Waals surface area (Å²) in [7, 11) is 0. The molecule has 7 nitrogen and oxygen atoms in total. The molecule has 2 aromatic carbocycles. The van der Waals surface area contributed by atoms with Crippen LogP contribution in [0.5, 0.6) is 11.5 Å². The van der Waals surface area contributed by atoms with E-state index in [1.165, 1.54) is 12.1 Å². The molecule has 0 N–H and O–H groups in total. The second kappa shape index (κ2) is 9.74. The molecule has 0 bridgehead atoms. The van der Waals surface area contributed by atoms with E-state index in [0.29, 0.717) is 43.4 Å². The van der Waals surface area contributed by atoms with Crippen molar-refractivity contribution in [2.45, 2.75) is 38.9 Å². The Morgan fingerprint density at radius 1 is 1.06 bits per heavy atom. The van der Waals surface area contributed by atoms with E-state index in [0.717, 1.165) is 17.7 Å². The molecule has 1 amide bonds. The monoisotopic (exact) mass is 475 g/mol. The first-order valence-corrected chi connectivity index (χ1v) is 11.0. The topological polar surface area (TPSA) is 77.7 Å². The summed E-state index contributed by atoms with van der Waals surface area (Å²) in [6.45, 7) is 5.58. The average Bonchev–Trinajstić information content (AvgIpc) is 3.43. The Morgan fingerprint density at radius 3 is 2.44 bits per heavy atom. The third-order valence-electron chi connectivity index (χ3n) is 5.46. The maximum Gasteiger partial charge on any atom is 0.416 e. The summed E-state index contributed by atoms with van der Waals surface area (Å²) in [5, 5.41) is 3.89. The van der Waals surface area contributed by atoms with Crippen LogP contribution < -0.4 is 9.47 Å². The fraction of sp³-hybridized carbons (Fsp3) is 0.375. The van der Waals surface area contributed by atoms with Gasteiger partial charge in [0.1, 0.15) is 0 Å². The van der Waals surface area contributed by atoms with E-state index in [1.54, 1.807) is 4.90 Å². The number of nitrogens with zero attached hydrogens (tertiary/aromatic N) is 3. The number of benzene rings is 2. The van der Waals surface area contributed by atoms with Gasteiger partial charge in [-0.05, 0) is 43.7 Å². The predicted octanol–water partition coefficient (Wildman–Crippen LogP) is 5.07. The lowest BCUT2D eigenvalue weighted by molar-refractivity contribution is -0.137. The van der Waals surface area contributed by atoms with E-state index in [2.05, 4.69) is 10.1 Å². The molecule has 1 saturated heterocycles. The highest BCUT2D eigenvalue weighted by molar-refractivity contribution is 5.79. The number of likely N-dealkylation sites (tertiary alicyclic amines) is 1. The van der Waals surface area contributed by atoms with Gasteiger partial charge in [-0.25, -0.2) is 0 Å². The van der Waals surface area contributed by atoms with Gasteiger partial charge in [-0.15, -0.1) is 0 Å². The molecule has 1 fully saturated rings. The molecule has 0 aliphatic carbocycles. The number of aromatic nitrogens is 2. The van der Waals surface area contributed by atoms with Gasteiger partial charge in [0.15, 0.2) is 11.5 Å². The Balaban J connectivity index is 1.44. The molecule has 3 aromatic rings. The highest BCUT2D eigenvalue weighted by Crippen LogP contribution is 2.33. The molecule has 1 aliphatic rings. The van der Waals surface area contributed by atoms with Crippen molar-refractivity contribution in [2.75, 3.05) is 19.8 Å². The van der Waals surface area contributed by atoms with Gasteiger partial charge in [0, 0.05) is 25.1 Å². The number of hydrogen-bond donors (Lipinski definition) is 0. The van der Waals surface area contributed by atoms with E-state index < -0.39 is 11.7 Å². The smallest absolute Gasteiger partial charge is 0.416 e.